The largest absolute Gasteiger partial charge is 0.430 e. The molecular weight excluding hydrogens is 290 g/mol. The molecule has 3 nitrogen and oxygen atoms in total. The maximum Gasteiger partial charge on any atom is 0.387 e. The van der Waals surface area contributed by atoms with Gasteiger partial charge in [-0.15, -0.1) is 0 Å². The van der Waals surface area contributed by atoms with Crippen LogP contribution in [0.1, 0.15) is 0 Å². The topological polar surface area (TPSA) is 43.4 Å². The fraction of sp³-hybridized carbons (Fsp3) is 0.250. The number of benzene rings is 1. The van der Waals surface area contributed by atoms with Crippen molar-refractivity contribution in [1.29, 1.82) is 0 Å². The Morgan fingerprint density at radius 3 is 1.78 bits per heavy atom. The van der Waals surface area contributed by atoms with Gasteiger partial charge in [-0.25, -0.2) is 21.6 Å². The van der Waals surface area contributed by atoms with Crippen LogP contribution in [0, 0.1) is 23.3 Å². The van der Waals surface area contributed by atoms with E-state index in [1.165, 1.54) is 0 Å². The zero-order valence-electron chi connectivity index (χ0n) is 8.48. The predicted octanol–water partition coefficient (Wildman–Crippen LogP) is 2.25. The molecule has 0 unspecified atom stereocenters. The van der Waals surface area contributed by atoms with Crippen molar-refractivity contribution in [1.82, 2.24) is 0 Å². The zero-order valence-corrected chi connectivity index (χ0v) is 9.29. The standard InChI is InChI=1S/C8H4F6O3S/c1-18(15,16)7-5(12)3(10)2(9)4(11)6(7)17-8(13)14/h8H,1H3. The lowest BCUT2D eigenvalue weighted by Gasteiger charge is -2.12. The van der Waals surface area contributed by atoms with Gasteiger partial charge >= 0.3 is 6.61 Å². The van der Waals surface area contributed by atoms with Crippen molar-refractivity contribution < 1.29 is 39.5 Å². The van der Waals surface area contributed by atoms with Crippen molar-refractivity contribution in [2.45, 2.75) is 11.5 Å². The summed E-state index contributed by atoms with van der Waals surface area (Å²) in [7, 11) is -4.65. The van der Waals surface area contributed by atoms with Crippen molar-refractivity contribution in [2.75, 3.05) is 6.26 Å². The van der Waals surface area contributed by atoms with E-state index in [1.54, 1.807) is 0 Å². The summed E-state index contributed by atoms with van der Waals surface area (Å²) in [4.78, 5) is -1.81. The average Bonchev–Trinajstić information content (AvgIpc) is 2.20. The Morgan fingerprint density at radius 2 is 1.39 bits per heavy atom. The van der Waals surface area contributed by atoms with Crippen LogP contribution < -0.4 is 4.74 Å². The van der Waals surface area contributed by atoms with E-state index in [0.717, 1.165) is 0 Å². The summed E-state index contributed by atoms with van der Waals surface area (Å²) in [6.45, 7) is -3.75. The van der Waals surface area contributed by atoms with Gasteiger partial charge in [0.1, 0.15) is 0 Å². The number of hydrogen-bond acceptors (Lipinski definition) is 3. The highest BCUT2D eigenvalue weighted by Crippen LogP contribution is 2.34. The summed E-state index contributed by atoms with van der Waals surface area (Å²) in [5, 5.41) is 0. The van der Waals surface area contributed by atoms with Gasteiger partial charge in [-0.3, -0.25) is 0 Å². The summed E-state index contributed by atoms with van der Waals surface area (Å²) >= 11 is 0. The third kappa shape index (κ3) is 2.52. The first-order chi connectivity index (χ1) is 8.07. The predicted molar refractivity (Wildman–Crippen MR) is 46.0 cm³/mol. The quantitative estimate of drug-likeness (QED) is 0.372. The molecule has 0 fully saturated rings. The van der Waals surface area contributed by atoms with Crippen molar-refractivity contribution in [2.24, 2.45) is 0 Å². The van der Waals surface area contributed by atoms with E-state index in [0.29, 0.717) is 6.26 Å². The van der Waals surface area contributed by atoms with Gasteiger partial charge in [0.2, 0.25) is 11.6 Å². The molecule has 0 spiro atoms. The number of alkyl halides is 2. The van der Waals surface area contributed by atoms with Crippen molar-refractivity contribution in [3.05, 3.63) is 23.3 Å². The summed E-state index contributed by atoms with van der Waals surface area (Å²) in [6.07, 6.45) is 0.292. The lowest BCUT2D eigenvalue weighted by molar-refractivity contribution is -0.0551. The molecule has 0 aromatic heterocycles. The molecule has 18 heavy (non-hydrogen) atoms. The van der Waals surface area contributed by atoms with Gasteiger partial charge in [0.15, 0.2) is 32.1 Å². The molecule has 1 aromatic carbocycles. The molecule has 0 amide bonds. The van der Waals surface area contributed by atoms with E-state index in [9.17, 15) is 34.8 Å². The molecule has 0 saturated heterocycles. The third-order valence-corrected chi connectivity index (χ3v) is 2.87. The van der Waals surface area contributed by atoms with Crippen LogP contribution in [-0.4, -0.2) is 21.3 Å². The van der Waals surface area contributed by atoms with Crippen molar-refractivity contribution in [3.63, 3.8) is 0 Å². The fourth-order valence-electron chi connectivity index (χ4n) is 1.12. The van der Waals surface area contributed by atoms with Crippen LogP contribution in [0.5, 0.6) is 5.75 Å². The molecule has 1 rings (SSSR count). The van der Waals surface area contributed by atoms with Gasteiger partial charge in [-0.05, 0) is 0 Å². The van der Waals surface area contributed by atoms with Gasteiger partial charge in [-0.2, -0.15) is 13.2 Å². The Labute approximate surface area is 96.9 Å². The van der Waals surface area contributed by atoms with Crippen molar-refractivity contribution >= 4 is 9.84 Å². The number of hydrogen-bond donors (Lipinski definition) is 0. The van der Waals surface area contributed by atoms with Crippen LogP contribution in [0.4, 0.5) is 26.3 Å². The zero-order chi connectivity index (χ0) is 14.2. The van der Waals surface area contributed by atoms with Gasteiger partial charge < -0.3 is 4.74 Å². The SMILES string of the molecule is CS(=O)(=O)c1c(F)c(F)c(F)c(F)c1OC(F)F. The molecule has 1 aromatic rings. The van der Waals surface area contributed by atoms with E-state index < -0.39 is 50.4 Å². The molecule has 0 aliphatic heterocycles. The van der Waals surface area contributed by atoms with Crippen LogP contribution in [0.2, 0.25) is 0 Å². The van der Waals surface area contributed by atoms with Gasteiger partial charge in [-0.1, -0.05) is 0 Å². The second-order valence-electron chi connectivity index (χ2n) is 3.06. The molecule has 0 N–H and O–H groups in total. The first kappa shape index (κ1) is 14.6. The molecule has 0 heterocycles. The smallest absolute Gasteiger partial charge is 0.387 e. The van der Waals surface area contributed by atoms with Crippen LogP contribution >= 0.6 is 0 Å². The summed E-state index contributed by atoms with van der Waals surface area (Å²) in [6, 6.07) is 0. The highest BCUT2D eigenvalue weighted by Gasteiger charge is 2.33. The molecule has 0 atom stereocenters. The molecule has 102 valence electrons. The lowest BCUT2D eigenvalue weighted by atomic mass is 10.3. The second kappa shape index (κ2) is 4.67. The summed E-state index contributed by atoms with van der Waals surface area (Å²) in [5.74, 6) is -11.5. The van der Waals surface area contributed by atoms with Crippen molar-refractivity contribution in [3.8, 4) is 5.75 Å². The van der Waals surface area contributed by atoms with Crippen LogP contribution in [0.25, 0.3) is 0 Å². The molecule has 0 bridgehead atoms. The average molecular weight is 294 g/mol. The molecule has 0 aliphatic rings. The lowest BCUT2D eigenvalue weighted by Crippen LogP contribution is -2.14. The molecular formula is C8H4F6O3S. The summed E-state index contributed by atoms with van der Waals surface area (Å²) < 4.78 is 101. The van der Waals surface area contributed by atoms with Crippen LogP contribution in [0.15, 0.2) is 4.90 Å². The Balaban J connectivity index is 3.76. The highest BCUT2D eigenvalue weighted by atomic mass is 32.2. The second-order valence-corrected chi connectivity index (χ2v) is 5.02. The number of halogens is 6. The van der Waals surface area contributed by atoms with Gasteiger partial charge in [0.05, 0.1) is 0 Å². The van der Waals surface area contributed by atoms with E-state index in [4.69, 9.17) is 0 Å². The molecule has 0 saturated carbocycles. The Morgan fingerprint density at radius 1 is 0.944 bits per heavy atom. The maximum absolute atomic E-state index is 13.2. The highest BCUT2D eigenvalue weighted by molar-refractivity contribution is 7.90. The van der Waals surface area contributed by atoms with Gasteiger partial charge in [0.25, 0.3) is 0 Å². The molecule has 0 aliphatic carbocycles. The minimum Gasteiger partial charge on any atom is -0.430 e. The Hall–Kier alpha value is -1.45. The van der Waals surface area contributed by atoms with E-state index >= 15 is 0 Å². The first-order valence-corrected chi connectivity index (χ1v) is 5.97. The molecule has 10 heteroatoms. The maximum atomic E-state index is 13.2. The fourth-order valence-corrected chi connectivity index (χ4v) is 2.01. The number of rotatable bonds is 3. The third-order valence-electron chi connectivity index (χ3n) is 1.76. The monoisotopic (exact) mass is 294 g/mol. The van der Waals surface area contributed by atoms with Crippen LogP contribution in [-0.2, 0) is 9.84 Å². The summed E-state index contributed by atoms with van der Waals surface area (Å²) in [5.41, 5.74) is 0. The van der Waals surface area contributed by atoms with Crippen LogP contribution in [0.3, 0.4) is 0 Å². The van der Waals surface area contributed by atoms with E-state index in [-0.39, 0.29) is 0 Å². The minimum atomic E-state index is -4.65. The van der Waals surface area contributed by atoms with Gasteiger partial charge in [0, 0.05) is 6.26 Å². The number of sulfone groups is 1. The van der Waals surface area contributed by atoms with E-state index in [1.807, 2.05) is 0 Å². The normalized spacial score (nSPS) is 12.0. The minimum absolute atomic E-state index is 0.292. The Bertz CT molecular complexity index is 583. The number of ether oxygens (including phenoxy) is 1. The van der Waals surface area contributed by atoms with E-state index in [2.05, 4.69) is 4.74 Å². The molecule has 0 radical (unpaired) electrons. The Kier molecular flexibility index (Phi) is 3.79. The first-order valence-electron chi connectivity index (χ1n) is 4.08.